The van der Waals surface area contributed by atoms with Gasteiger partial charge in [0.05, 0.1) is 6.10 Å². The van der Waals surface area contributed by atoms with Crippen molar-refractivity contribution in [2.75, 3.05) is 0 Å². The van der Waals surface area contributed by atoms with Gasteiger partial charge in [0.2, 0.25) is 0 Å². The number of hydrogen-bond acceptors (Lipinski definition) is 1. The van der Waals surface area contributed by atoms with Crippen molar-refractivity contribution in [3.05, 3.63) is 35.9 Å². The zero-order valence-electron chi connectivity index (χ0n) is 7.99. The highest BCUT2D eigenvalue weighted by Gasteiger charge is 2.02. The molecule has 1 nitrogen and oxygen atoms in total. The molecule has 0 aliphatic carbocycles. The maximum atomic E-state index is 9.20. The maximum Gasteiger partial charge on any atom is 0.0646 e. The van der Waals surface area contributed by atoms with Crippen LogP contribution >= 0.6 is 0 Å². The second-order valence-corrected chi connectivity index (χ2v) is 3.16. The minimum absolute atomic E-state index is 0.0280. The average Bonchev–Trinajstić information content (AvgIpc) is 2.15. The fourth-order valence-electron chi connectivity index (χ4n) is 0.839. The van der Waals surface area contributed by atoms with Gasteiger partial charge in [0.25, 0.3) is 0 Å². The molecule has 1 rings (SSSR count). The van der Waals surface area contributed by atoms with Crippen molar-refractivity contribution >= 4 is 0 Å². The lowest BCUT2D eigenvalue weighted by Crippen LogP contribution is -2.10. The minimum atomic E-state index is -0.365. The van der Waals surface area contributed by atoms with Crippen LogP contribution in [0.1, 0.15) is 19.4 Å². The van der Waals surface area contributed by atoms with E-state index < -0.39 is 0 Å². The molecule has 0 unspecified atom stereocenters. The molecule has 0 aliphatic heterocycles. The summed E-state index contributed by atoms with van der Waals surface area (Å²) in [4.78, 5) is 0. The highest BCUT2D eigenvalue weighted by molar-refractivity contribution is 5.34. The number of rotatable bonds is 1. The summed E-state index contributed by atoms with van der Waals surface area (Å²) in [6.45, 7) is 3.67. The molecule has 0 heterocycles. The molecule has 0 saturated heterocycles. The van der Waals surface area contributed by atoms with E-state index >= 15 is 0 Å². The topological polar surface area (TPSA) is 20.2 Å². The molecule has 0 aromatic heterocycles. The Morgan fingerprint density at radius 1 is 1.15 bits per heavy atom. The molecule has 1 heteroatoms. The largest absolute Gasteiger partial charge is 0.392 e. The van der Waals surface area contributed by atoms with Gasteiger partial charge in [0.1, 0.15) is 0 Å². The maximum absolute atomic E-state index is 9.20. The van der Waals surface area contributed by atoms with Gasteiger partial charge in [-0.2, -0.15) is 0 Å². The van der Waals surface area contributed by atoms with Gasteiger partial charge in [-0.05, 0) is 26.0 Å². The summed E-state index contributed by atoms with van der Waals surface area (Å²) in [5.41, 5.74) is 0.995. The summed E-state index contributed by atoms with van der Waals surface area (Å²) in [6, 6.07) is 9.79. The molecular weight excluding hydrogens is 160 g/mol. The first-order chi connectivity index (χ1) is 6.20. The van der Waals surface area contributed by atoms with E-state index in [0.717, 1.165) is 5.56 Å². The third-order valence-corrected chi connectivity index (χ3v) is 1.94. The van der Waals surface area contributed by atoms with Gasteiger partial charge >= 0.3 is 0 Å². The summed E-state index contributed by atoms with van der Waals surface area (Å²) in [7, 11) is 0. The van der Waals surface area contributed by atoms with Gasteiger partial charge in [-0.15, -0.1) is 0 Å². The van der Waals surface area contributed by atoms with Gasteiger partial charge in [-0.3, -0.25) is 0 Å². The second kappa shape index (κ2) is 4.69. The summed E-state index contributed by atoms with van der Waals surface area (Å²) < 4.78 is 0. The van der Waals surface area contributed by atoms with Crippen LogP contribution in [0.15, 0.2) is 30.3 Å². The number of hydrogen-bond donors (Lipinski definition) is 1. The SMILES string of the molecule is C[C@@H](O)[C@@H](C)C#Cc1ccccc1. The molecule has 68 valence electrons. The van der Waals surface area contributed by atoms with Crippen molar-refractivity contribution < 1.29 is 5.11 Å². The highest BCUT2D eigenvalue weighted by Crippen LogP contribution is 2.01. The van der Waals surface area contributed by atoms with Crippen LogP contribution in [0, 0.1) is 17.8 Å². The van der Waals surface area contributed by atoms with E-state index in [1.54, 1.807) is 6.92 Å². The molecular formula is C12H14O. The highest BCUT2D eigenvalue weighted by atomic mass is 16.3. The molecule has 13 heavy (non-hydrogen) atoms. The normalized spacial score (nSPS) is 14.1. The molecule has 0 aliphatic rings. The third-order valence-electron chi connectivity index (χ3n) is 1.94. The quantitative estimate of drug-likeness (QED) is 0.646. The van der Waals surface area contributed by atoms with E-state index in [4.69, 9.17) is 0 Å². The van der Waals surface area contributed by atoms with Crippen LogP contribution in [0.4, 0.5) is 0 Å². The molecule has 0 amide bonds. The van der Waals surface area contributed by atoms with Crippen LogP contribution in [0.3, 0.4) is 0 Å². The Bertz CT molecular complexity index is 303. The van der Waals surface area contributed by atoms with E-state index in [0.29, 0.717) is 0 Å². The van der Waals surface area contributed by atoms with E-state index in [-0.39, 0.29) is 12.0 Å². The predicted octanol–water partition coefficient (Wildman–Crippen LogP) is 2.05. The van der Waals surface area contributed by atoms with Crippen LogP contribution in [-0.4, -0.2) is 11.2 Å². The zero-order chi connectivity index (χ0) is 9.68. The van der Waals surface area contributed by atoms with Crippen molar-refractivity contribution in [2.45, 2.75) is 20.0 Å². The minimum Gasteiger partial charge on any atom is -0.392 e. The van der Waals surface area contributed by atoms with E-state index in [1.807, 2.05) is 37.3 Å². The monoisotopic (exact) mass is 174 g/mol. The molecule has 0 radical (unpaired) electrons. The lowest BCUT2D eigenvalue weighted by Gasteiger charge is -2.05. The van der Waals surface area contributed by atoms with Crippen LogP contribution < -0.4 is 0 Å². The van der Waals surface area contributed by atoms with Crippen LogP contribution in [0.2, 0.25) is 0 Å². The van der Waals surface area contributed by atoms with Crippen LogP contribution in [-0.2, 0) is 0 Å². The Kier molecular flexibility index (Phi) is 3.54. The summed E-state index contributed by atoms with van der Waals surface area (Å²) in [5.74, 6) is 6.04. The first-order valence-corrected chi connectivity index (χ1v) is 4.45. The van der Waals surface area contributed by atoms with Crippen molar-refractivity contribution in [2.24, 2.45) is 5.92 Å². The second-order valence-electron chi connectivity index (χ2n) is 3.16. The van der Waals surface area contributed by atoms with Crippen molar-refractivity contribution in [1.29, 1.82) is 0 Å². The number of aliphatic hydroxyl groups excluding tert-OH is 1. The number of aliphatic hydroxyl groups is 1. The van der Waals surface area contributed by atoms with Gasteiger partial charge < -0.3 is 5.11 Å². The first kappa shape index (κ1) is 9.83. The molecule has 0 bridgehead atoms. The Balaban J connectivity index is 2.68. The average molecular weight is 174 g/mol. The van der Waals surface area contributed by atoms with E-state index in [2.05, 4.69) is 11.8 Å². The Morgan fingerprint density at radius 2 is 1.77 bits per heavy atom. The standard InChI is InChI=1S/C12H14O/c1-10(11(2)13)8-9-12-6-4-3-5-7-12/h3-7,10-11,13H,1-2H3/t10-,11+/m0/s1. The van der Waals surface area contributed by atoms with Gasteiger partial charge in [0.15, 0.2) is 0 Å². The van der Waals surface area contributed by atoms with Gasteiger partial charge in [-0.25, -0.2) is 0 Å². The summed E-state index contributed by atoms with van der Waals surface area (Å²) in [6.07, 6.45) is -0.365. The molecule has 0 saturated carbocycles. The van der Waals surface area contributed by atoms with Crippen LogP contribution in [0.25, 0.3) is 0 Å². The Hall–Kier alpha value is -1.26. The molecule has 1 aromatic rings. The molecule has 0 spiro atoms. The summed E-state index contributed by atoms with van der Waals surface area (Å²) in [5, 5.41) is 9.20. The lowest BCUT2D eigenvalue weighted by atomic mass is 10.1. The fourth-order valence-corrected chi connectivity index (χ4v) is 0.839. The summed E-state index contributed by atoms with van der Waals surface area (Å²) >= 11 is 0. The smallest absolute Gasteiger partial charge is 0.0646 e. The molecule has 1 N–H and O–H groups in total. The lowest BCUT2D eigenvalue weighted by molar-refractivity contribution is 0.161. The van der Waals surface area contributed by atoms with Gasteiger partial charge in [-0.1, -0.05) is 30.0 Å². The van der Waals surface area contributed by atoms with Gasteiger partial charge in [0, 0.05) is 11.5 Å². The van der Waals surface area contributed by atoms with Crippen molar-refractivity contribution in [1.82, 2.24) is 0 Å². The Labute approximate surface area is 79.4 Å². The third kappa shape index (κ3) is 3.31. The fraction of sp³-hybridized carbons (Fsp3) is 0.333. The van der Waals surface area contributed by atoms with Crippen LogP contribution in [0.5, 0.6) is 0 Å². The first-order valence-electron chi connectivity index (χ1n) is 4.45. The van der Waals surface area contributed by atoms with Crippen molar-refractivity contribution in [3.63, 3.8) is 0 Å². The predicted molar refractivity (Wildman–Crippen MR) is 54.2 cm³/mol. The number of benzene rings is 1. The molecule has 0 fully saturated rings. The van der Waals surface area contributed by atoms with E-state index in [1.165, 1.54) is 0 Å². The van der Waals surface area contributed by atoms with E-state index in [9.17, 15) is 5.11 Å². The zero-order valence-corrected chi connectivity index (χ0v) is 7.99. The Morgan fingerprint density at radius 3 is 2.31 bits per heavy atom. The van der Waals surface area contributed by atoms with Crippen molar-refractivity contribution in [3.8, 4) is 11.8 Å². The molecule has 2 atom stereocenters. The molecule has 1 aromatic carbocycles.